The van der Waals surface area contributed by atoms with Crippen molar-refractivity contribution in [2.24, 2.45) is 5.73 Å². The number of nitrogens with zero attached hydrogens (tertiary/aromatic N) is 1. The predicted molar refractivity (Wildman–Crippen MR) is 110 cm³/mol. The van der Waals surface area contributed by atoms with Crippen LogP contribution in [0, 0.1) is 0 Å². The van der Waals surface area contributed by atoms with Gasteiger partial charge < -0.3 is 21.1 Å². The smallest absolute Gasteiger partial charge is 0.253 e. The van der Waals surface area contributed by atoms with Crippen molar-refractivity contribution in [2.45, 2.75) is 31.7 Å². The van der Waals surface area contributed by atoms with E-state index in [0.29, 0.717) is 31.9 Å². The molecule has 0 aliphatic rings. The van der Waals surface area contributed by atoms with Crippen molar-refractivity contribution in [1.82, 2.24) is 9.62 Å². The van der Waals surface area contributed by atoms with Gasteiger partial charge in [-0.15, -0.1) is 12.4 Å². The van der Waals surface area contributed by atoms with Gasteiger partial charge in [0.1, 0.15) is 0 Å². The minimum absolute atomic E-state index is 0. The van der Waals surface area contributed by atoms with Crippen LogP contribution in [0.4, 0.5) is 5.69 Å². The molecule has 0 spiro atoms. The SMILES string of the molecule is CCN(CC)S(=O)(=O)c1ccc(NCCOC)c(C(=O)N[C@@H](C)CN)c1.Cl. The van der Waals surface area contributed by atoms with E-state index in [1.54, 1.807) is 33.9 Å². The summed E-state index contributed by atoms with van der Waals surface area (Å²) in [6, 6.07) is 4.29. The lowest BCUT2D eigenvalue weighted by Gasteiger charge is -2.20. The lowest BCUT2D eigenvalue weighted by molar-refractivity contribution is 0.0942. The number of amides is 1. The molecule has 0 radical (unpaired) electrons. The molecule has 1 rings (SSSR count). The third-order valence-electron chi connectivity index (χ3n) is 3.93. The Morgan fingerprint density at radius 2 is 1.93 bits per heavy atom. The van der Waals surface area contributed by atoms with Crippen LogP contribution in [0.15, 0.2) is 23.1 Å². The summed E-state index contributed by atoms with van der Waals surface area (Å²) in [7, 11) is -2.08. The molecule has 1 atom stereocenters. The van der Waals surface area contributed by atoms with Gasteiger partial charge in [-0.3, -0.25) is 4.79 Å². The van der Waals surface area contributed by atoms with Crippen LogP contribution in [0.3, 0.4) is 0 Å². The van der Waals surface area contributed by atoms with E-state index in [1.807, 2.05) is 0 Å². The molecule has 1 aromatic carbocycles. The van der Waals surface area contributed by atoms with Crippen molar-refractivity contribution in [1.29, 1.82) is 0 Å². The normalized spacial score (nSPS) is 12.4. The van der Waals surface area contributed by atoms with Gasteiger partial charge in [-0.05, 0) is 25.1 Å². The number of halogens is 1. The summed E-state index contributed by atoms with van der Waals surface area (Å²) >= 11 is 0. The maximum atomic E-state index is 12.8. The molecule has 4 N–H and O–H groups in total. The quantitative estimate of drug-likeness (QED) is 0.463. The number of nitrogens with one attached hydrogen (secondary N) is 2. The summed E-state index contributed by atoms with van der Waals surface area (Å²) in [5, 5.41) is 5.87. The lowest BCUT2D eigenvalue weighted by atomic mass is 10.1. The van der Waals surface area contributed by atoms with Crippen LogP contribution in [0.2, 0.25) is 0 Å². The minimum Gasteiger partial charge on any atom is -0.383 e. The van der Waals surface area contributed by atoms with Crippen molar-refractivity contribution in [3.05, 3.63) is 23.8 Å². The number of hydrogen-bond acceptors (Lipinski definition) is 6. The van der Waals surface area contributed by atoms with Crippen LogP contribution in [-0.4, -0.2) is 64.6 Å². The molecular weight excluding hydrogens is 392 g/mol. The molecule has 156 valence electrons. The number of nitrogens with two attached hydrogens (primary N) is 1. The van der Waals surface area contributed by atoms with E-state index >= 15 is 0 Å². The van der Waals surface area contributed by atoms with Gasteiger partial charge in [-0.25, -0.2) is 8.42 Å². The standard InChI is InChI=1S/C17H30N4O4S.ClH/c1-5-21(6-2)26(23,24)14-7-8-16(19-9-10-25-4)15(11-14)17(22)20-13(3)12-18;/h7-8,11,13,19H,5-6,9-10,12,18H2,1-4H3,(H,20,22);1H/t13-;/m0./s1. The van der Waals surface area contributed by atoms with Crippen molar-refractivity contribution < 1.29 is 17.9 Å². The topological polar surface area (TPSA) is 114 Å². The number of carbonyl (C=O) groups excluding carboxylic acids is 1. The Morgan fingerprint density at radius 1 is 1.30 bits per heavy atom. The predicted octanol–water partition coefficient (Wildman–Crippen LogP) is 1.27. The van der Waals surface area contributed by atoms with Crippen molar-refractivity contribution in [3.8, 4) is 0 Å². The number of benzene rings is 1. The molecule has 1 aromatic rings. The average molecular weight is 423 g/mol. The minimum atomic E-state index is -3.66. The molecule has 0 aromatic heterocycles. The van der Waals surface area contributed by atoms with E-state index in [-0.39, 0.29) is 41.4 Å². The van der Waals surface area contributed by atoms with Crippen molar-refractivity contribution >= 4 is 34.0 Å². The van der Waals surface area contributed by atoms with Gasteiger partial charge in [0, 0.05) is 45.0 Å². The molecule has 0 fully saturated rings. The molecule has 0 heterocycles. The Kier molecular flexibility index (Phi) is 11.5. The van der Waals surface area contributed by atoms with Crippen LogP contribution < -0.4 is 16.4 Å². The first-order chi connectivity index (χ1) is 12.3. The Hall–Kier alpha value is -1.39. The fourth-order valence-electron chi connectivity index (χ4n) is 2.39. The van der Waals surface area contributed by atoms with E-state index in [9.17, 15) is 13.2 Å². The Labute approximate surface area is 168 Å². The highest BCUT2D eigenvalue weighted by Gasteiger charge is 2.24. The van der Waals surface area contributed by atoms with Crippen molar-refractivity contribution in [3.63, 3.8) is 0 Å². The summed E-state index contributed by atoms with van der Waals surface area (Å²) in [4.78, 5) is 12.7. The molecule has 0 aliphatic carbocycles. The fraction of sp³-hybridized carbons (Fsp3) is 0.588. The second-order valence-electron chi connectivity index (χ2n) is 5.83. The molecule has 1 amide bonds. The third kappa shape index (κ3) is 6.93. The first-order valence-corrected chi connectivity index (χ1v) is 10.1. The van der Waals surface area contributed by atoms with E-state index in [1.165, 1.54) is 16.4 Å². The van der Waals surface area contributed by atoms with E-state index in [2.05, 4.69) is 10.6 Å². The summed E-state index contributed by atoms with van der Waals surface area (Å²) in [6.45, 7) is 7.29. The van der Waals surface area contributed by atoms with Crippen LogP contribution in [-0.2, 0) is 14.8 Å². The fourth-order valence-corrected chi connectivity index (χ4v) is 3.87. The second kappa shape index (κ2) is 12.1. The monoisotopic (exact) mass is 422 g/mol. The van der Waals surface area contributed by atoms with Gasteiger partial charge in [0.05, 0.1) is 17.1 Å². The molecule has 0 saturated heterocycles. The van der Waals surface area contributed by atoms with Gasteiger partial charge >= 0.3 is 0 Å². The zero-order valence-corrected chi connectivity index (χ0v) is 18.0. The number of hydrogen-bond donors (Lipinski definition) is 3. The van der Waals surface area contributed by atoms with E-state index in [4.69, 9.17) is 10.5 Å². The molecule has 27 heavy (non-hydrogen) atoms. The van der Waals surface area contributed by atoms with Gasteiger partial charge in [0.2, 0.25) is 10.0 Å². The number of rotatable bonds is 11. The first kappa shape index (κ1) is 25.6. The zero-order valence-electron chi connectivity index (χ0n) is 16.3. The zero-order chi connectivity index (χ0) is 19.7. The average Bonchev–Trinajstić information content (AvgIpc) is 2.62. The van der Waals surface area contributed by atoms with Gasteiger partial charge in [0.15, 0.2) is 0 Å². The van der Waals surface area contributed by atoms with E-state index in [0.717, 1.165) is 0 Å². The molecule has 8 nitrogen and oxygen atoms in total. The van der Waals surface area contributed by atoms with Gasteiger partial charge in [-0.1, -0.05) is 13.8 Å². The maximum Gasteiger partial charge on any atom is 0.253 e. The highest BCUT2D eigenvalue weighted by molar-refractivity contribution is 7.89. The Bertz CT molecular complexity index is 696. The van der Waals surface area contributed by atoms with Crippen LogP contribution in [0.25, 0.3) is 0 Å². The molecule has 0 unspecified atom stereocenters. The number of carbonyl (C=O) groups is 1. The van der Waals surface area contributed by atoms with Crippen LogP contribution in [0.1, 0.15) is 31.1 Å². The molecule has 0 saturated carbocycles. The Morgan fingerprint density at radius 3 is 2.44 bits per heavy atom. The molecule has 10 heteroatoms. The summed E-state index contributed by atoms with van der Waals surface area (Å²) < 4.78 is 31.9. The van der Waals surface area contributed by atoms with Crippen LogP contribution in [0.5, 0.6) is 0 Å². The largest absolute Gasteiger partial charge is 0.383 e. The highest BCUT2D eigenvalue weighted by atomic mass is 35.5. The summed E-state index contributed by atoms with van der Waals surface area (Å²) in [5.74, 6) is -0.375. The van der Waals surface area contributed by atoms with Gasteiger partial charge in [-0.2, -0.15) is 4.31 Å². The second-order valence-corrected chi connectivity index (χ2v) is 7.76. The maximum absolute atomic E-state index is 12.8. The first-order valence-electron chi connectivity index (χ1n) is 8.69. The number of sulfonamides is 1. The number of anilines is 1. The lowest BCUT2D eigenvalue weighted by Crippen LogP contribution is -2.38. The highest BCUT2D eigenvalue weighted by Crippen LogP contribution is 2.23. The third-order valence-corrected chi connectivity index (χ3v) is 5.98. The van der Waals surface area contributed by atoms with E-state index < -0.39 is 10.0 Å². The Balaban J connectivity index is 0.00000676. The van der Waals surface area contributed by atoms with Crippen molar-refractivity contribution in [2.75, 3.05) is 45.2 Å². The molecule has 0 bridgehead atoms. The number of ether oxygens (including phenoxy) is 1. The molecular formula is C17H31ClN4O4S. The summed E-state index contributed by atoms with van der Waals surface area (Å²) in [6.07, 6.45) is 0. The summed E-state index contributed by atoms with van der Waals surface area (Å²) in [5.41, 5.74) is 6.36. The van der Waals surface area contributed by atoms with Gasteiger partial charge in [0.25, 0.3) is 5.91 Å². The molecule has 0 aliphatic heterocycles. The van der Waals surface area contributed by atoms with Crippen LogP contribution >= 0.6 is 12.4 Å². The number of methoxy groups -OCH3 is 1.